The molecule has 126 valence electrons. The van der Waals surface area contributed by atoms with Gasteiger partial charge in [0.05, 0.1) is 6.04 Å². The standard InChI is InChI=1S/C18H28N4O/c1-15(18(23)20-16-5-3-2-4-6-16)21-11-13-22(14-12-21)17-7-9-19-10-8-17/h7-10,15-16H,2-6,11-14H2,1H3,(H,20,23)/t15-/m0/s1. The Morgan fingerprint density at radius 1 is 1.13 bits per heavy atom. The van der Waals surface area contributed by atoms with Crippen molar-refractivity contribution in [3.63, 3.8) is 0 Å². The van der Waals surface area contributed by atoms with E-state index in [9.17, 15) is 4.79 Å². The largest absolute Gasteiger partial charge is 0.369 e. The average Bonchev–Trinajstić information content (AvgIpc) is 2.63. The van der Waals surface area contributed by atoms with Crippen LogP contribution in [0.25, 0.3) is 0 Å². The van der Waals surface area contributed by atoms with Gasteiger partial charge in [0.15, 0.2) is 0 Å². The molecule has 2 heterocycles. The van der Waals surface area contributed by atoms with Crippen LogP contribution in [0.15, 0.2) is 24.5 Å². The van der Waals surface area contributed by atoms with Gasteiger partial charge in [-0.1, -0.05) is 19.3 Å². The van der Waals surface area contributed by atoms with E-state index in [0.717, 1.165) is 39.0 Å². The Bertz CT molecular complexity index is 493. The number of pyridine rings is 1. The zero-order valence-corrected chi connectivity index (χ0v) is 14.1. The first-order chi connectivity index (χ1) is 11.2. The molecule has 1 saturated carbocycles. The molecular formula is C18H28N4O. The minimum atomic E-state index is -0.0310. The quantitative estimate of drug-likeness (QED) is 0.923. The lowest BCUT2D eigenvalue weighted by Gasteiger charge is -2.39. The average molecular weight is 316 g/mol. The van der Waals surface area contributed by atoms with Crippen molar-refractivity contribution in [1.82, 2.24) is 15.2 Å². The molecule has 2 fully saturated rings. The van der Waals surface area contributed by atoms with E-state index in [2.05, 4.69) is 32.2 Å². The van der Waals surface area contributed by atoms with Crippen LogP contribution in [0.2, 0.25) is 0 Å². The third-order valence-corrected chi connectivity index (χ3v) is 5.22. The Kier molecular flexibility index (Phi) is 5.49. The molecule has 0 radical (unpaired) electrons. The number of anilines is 1. The van der Waals surface area contributed by atoms with Crippen molar-refractivity contribution in [3.05, 3.63) is 24.5 Å². The Hall–Kier alpha value is -1.62. The molecule has 1 saturated heterocycles. The molecule has 1 aromatic rings. The van der Waals surface area contributed by atoms with Gasteiger partial charge in [0.25, 0.3) is 0 Å². The molecule has 1 aliphatic heterocycles. The number of carbonyl (C=O) groups is 1. The summed E-state index contributed by atoms with van der Waals surface area (Å²) >= 11 is 0. The highest BCUT2D eigenvalue weighted by Crippen LogP contribution is 2.19. The van der Waals surface area contributed by atoms with Gasteiger partial charge in [0.1, 0.15) is 0 Å². The summed E-state index contributed by atoms with van der Waals surface area (Å²) in [4.78, 5) is 21.2. The molecule has 5 nitrogen and oxygen atoms in total. The highest BCUT2D eigenvalue weighted by molar-refractivity contribution is 5.81. The van der Waals surface area contributed by atoms with Crippen LogP contribution in [0, 0.1) is 0 Å². The molecule has 1 aliphatic carbocycles. The van der Waals surface area contributed by atoms with Crippen LogP contribution in [0.5, 0.6) is 0 Å². The summed E-state index contributed by atoms with van der Waals surface area (Å²) in [5, 5.41) is 3.26. The van der Waals surface area contributed by atoms with Gasteiger partial charge in [-0.2, -0.15) is 0 Å². The lowest BCUT2D eigenvalue weighted by molar-refractivity contribution is -0.127. The van der Waals surface area contributed by atoms with Crippen molar-refractivity contribution in [2.75, 3.05) is 31.1 Å². The predicted octanol–water partition coefficient (Wildman–Crippen LogP) is 2.04. The first kappa shape index (κ1) is 16.2. The van der Waals surface area contributed by atoms with Gasteiger partial charge >= 0.3 is 0 Å². The zero-order chi connectivity index (χ0) is 16.1. The van der Waals surface area contributed by atoms with Gasteiger partial charge in [-0.25, -0.2) is 0 Å². The number of amides is 1. The lowest BCUT2D eigenvalue weighted by atomic mass is 9.95. The van der Waals surface area contributed by atoms with E-state index in [0.29, 0.717) is 6.04 Å². The number of nitrogens with one attached hydrogen (secondary N) is 1. The monoisotopic (exact) mass is 316 g/mol. The molecule has 1 amide bonds. The van der Waals surface area contributed by atoms with Gasteiger partial charge in [0.2, 0.25) is 5.91 Å². The second-order valence-electron chi connectivity index (χ2n) is 6.75. The number of piperazine rings is 1. The summed E-state index contributed by atoms with van der Waals surface area (Å²) in [7, 11) is 0. The van der Waals surface area contributed by atoms with E-state index in [1.54, 1.807) is 0 Å². The van der Waals surface area contributed by atoms with Crippen molar-refractivity contribution in [1.29, 1.82) is 0 Å². The fourth-order valence-corrected chi connectivity index (χ4v) is 3.66. The molecule has 3 rings (SSSR count). The topological polar surface area (TPSA) is 48.5 Å². The summed E-state index contributed by atoms with van der Waals surface area (Å²) in [5.41, 5.74) is 1.22. The highest BCUT2D eigenvalue weighted by atomic mass is 16.2. The van der Waals surface area contributed by atoms with Gasteiger partial charge < -0.3 is 10.2 Å². The van der Waals surface area contributed by atoms with Crippen LogP contribution in [0.1, 0.15) is 39.0 Å². The number of nitrogens with zero attached hydrogens (tertiary/aromatic N) is 3. The SMILES string of the molecule is C[C@@H](C(=O)NC1CCCCC1)N1CCN(c2ccncc2)CC1. The third-order valence-electron chi connectivity index (χ3n) is 5.22. The fourth-order valence-electron chi connectivity index (χ4n) is 3.66. The van der Waals surface area contributed by atoms with E-state index in [1.807, 2.05) is 19.3 Å². The minimum absolute atomic E-state index is 0.0310. The third kappa shape index (κ3) is 4.22. The Labute approximate surface area is 139 Å². The van der Waals surface area contributed by atoms with Crippen LogP contribution < -0.4 is 10.2 Å². The molecule has 23 heavy (non-hydrogen) atoms. The van der Waals surface area contributed by atoms with E-state index < -0.39 is 0 Å². The van der Waals surface area contributed by atoms with Crippen LogP contribution >= 0.6 is 0 Å². The summed E-state index contributed by atoms with van der Waals surface area (Å²) in [6.45, 7) is 5.83. The van der Waals surface area contributed by atoms with E-state index in [4.69, 9.17) is 0 Å². The summed E-state index contributed by atoms with van der Waals surface area (Å²) in [6, 6.07) is 4.47. The van der Waals surface area contributed by atoms with Crippen molar-refractivity contribution in [2.45, 2.75) is 51.1 Å². The van der Waals surface area contributed by atoms with Crippen LogP contribution in [-0.2, 0) is 4.79 Å². The van der Waals surface area contributed by atoms with Crippen LogP contribution in [-0.4, -0.2) is 54.1 Å². The number of aromatic nitrogens is 1. The van der Waals surface area contributed by atoms with E-state index >= 15 is 0 Å². The lowest BCUT2D eigenvalue weighted by Crippen LogP contribution is -2.55. The maximum atomic E-state index is 12.5. The highest BCUT2D eigenvalue weighted by Gasteiger charge is 2.27. The normalized spacial score (nSPS) is 21.9. The van der Waals surface area contributed by atoms with Gasteiger partial charge in [-0.3, -0.25) is 14.7 Å². The van der Waals surface area contributed by atoms with Gasteiger partial charge in [0, 0.05) is 50.3 Å². The van der Waals surface area contributed by atoms with Crippen LogP contribution in [0.3, 0.4) is 0 Å². The minimum Gasteiger partial charge on any atom is -0.369 e. The van der Waals surface area contributed by atoms with Crippen molar-refractivity contribution >= 4 is 11.6 Å². The molecule has 0 spiro atoms. The van der Waals surface area contributed by atoms with Crippen molar-refractivity contribution in [2.24, 2.45) is 0 Å². The molecule has 1 atom stereocenters. The van der Waals surface area contributed by atoms with Gasteiger partial charge in [-0.15, -0.1) is 0 Å². The first-order valence-electron chi connectivity index (χ1n) is 8.93. The first-order valence-corrected chi connectivity index (χ1v) is 8.93. The predicted molar refractivity (Wildman–Crippen MR) is 92.5 cm³/mol. The number of hydrogen-bond donors (Lipinski definition) is 1. The smallest absolute Gasteiger partial charge is 0.237 e. The van der Waals surface area contributed by atoms with Gasteiger partial charge in [-0.05, 0) is 31.9 Å². The summed E-state index contributed by atoms with van der Waals surface area (Å²) < 4.78 is 0. The second kappa shape index (κ2) is 7.77. The maximum Gasteiger partial charge on any atom is 0.237 e. The molecule has 5 heteroatoms. The number of carbonyl (C=O) groups excluding carboxylic acids is 1. The number of hydrogen-bond acceptors (Lipinski definition) is 4. The molecule has 0 aromatic carbocycles. The van der Waals surface area contributed by atoms with Crippen LogP contribution in [0.4, 0.5) is 5.69 Å². The maximum absolute atomic E-state index is 12.5. The Morgan fingerprint density at radius 3 is 2.43 bits per heavy atom. The van der Waals surface area contributed by atoms with Crippen molar-refractivity contribution < 1.29 is 4.79 Å². The molecular weight excluding hydrogens is 288 g/mol. The zero-order valence-electron chi connectivity index (χ0n) is 14.1. The fraction of sp³-hybridized carbons (Fsp3) is 0.667. The van der Waals surface area contributed by atoms with E-state index in [-0.39, 0.29) is 11.9 Å². The second-order valence-corrected chi connectivity index (χ2v) is 6.75. The molecule has 2 aliphatic rings. The molecule has 0 bridgehead atoms. The Balaban J connectivity index is 1.47. The number of rotatable bonds is 4. The van der Waals surface area contributed by atoms with E-state index in [1.165, 1.54) is 24.9 Å². The Morgan fingerprint density at radius 2 is 1.78 bits per heavy atom. The summed E-state index contributed by atoms with van der Waals surface area (Å²) in [6.07, 6.45) is 9.79. The molecule has 1 aromatic heterocycles. The molecule has 0 unspecified atom stereocenters. The molecule has 1 N–H and O–H groups in total. The summed E-state index contributed by atoms with van der Waals surface area (Å²) in [5.74, 6) is 0.203. The van der Waals surface area contributed by atoms with Crippen molar-refractivity contribution in [3.8, 4) is 0 Å².